The van der Waals surface area contributed by atoms with Gasteiger partial charge in [0.1, 0.15) is 0 Å². The van der Waals surface area contributed by atoms with Crippen LogP contribution < -0.4 is 10.2 Å². The van der Waals surface area contributed by atoms with Crippen molar-refractivity contribution in [2.75, 3.05) is 16.8 Å². The van der Waals surface area contributed by atoms with Crippen LogP contribution in [0.4, 0.5) is 11.4 Å². The third-order valence-electron chi connectivity index (χ3n) is 4.00. The van der Waals surface area contributed by atoms with Crippen LogP contribution in [-0.2, 0) is 9.59 Å². The molecule has 0 bridgehead atoms. The second kappa shape index (κ2) is 6.42. The molecule has 0 spiro atoms. The quantitative estimate of drug-likeness (QED) is 0.935. The highest BCUT2D eigenvalue weighted by Crippen LogP contribution is 2.29. The average molecular weight is 329 g/mol. The third kappa shape index (κ3) is 3.37. The molecule has 1 heterocycles. The minimum absolute atomic E-state index is 0.0573. The van der Waals surface area contributed by atoms with Crippen molar-refractivity contribution in [1.29, 1.82) is 0 Å². The maximum absolute atomic E-state index is 12.3. The molecule has 0 aromatic heterocycles. The van der Waals surface area contributed by atoms with Crippen molar-refractivity contribution in [3.05, 3.63) is 59.1 Å². The molecule has 1 aliphatic rings. The second-order valence-corrected chi connectivity index (χ2v) is 6.10. The Balaban J connectivity index is 1.71. The zero-order chi connectivity index (χ0) is 16.4. The van der Waals surface area contributed by atoms with E-state index in [1.807, 2.05) is 49.4 Å². The zero-order valence-corrected chi connectivity index (χ0v) is 13.5. The van der Waals surface area contributed by atoms with Crippen LogP contribution in [0.1, 0.15) is 12.0 Å². The standard InChI is InChI=1S/C18H17ClN2O2/c1-12-7-8-15(10-16(12)19)21-11-13(9-17(21)22)18(23)20-14-5-3-2-4-6-14/h2-8,10,13H,9,11H2,1H3,(H,20,23)/t13-/m0/s1. The van der Waals surface area contributed by atoms with E-state index in [0.717, 1.165) is 16.9 Å². The lowest BCUT2D eigenvalue weighted by molar-refractivity contribution is -0.122. The summed E-state index contributed by atoms with van der Waals surface area (Å²) in [5.41, 5.74) is 2.43. The van der Waals surface area contributed by atoms with Crippen molar-refractivity contribution < 1.29 is 9.59 Å². The molecule has 5 heteroatoms. The van der Waals surface area contributed by atoms with Gasteiger partial charge < -0.3 is 10.2 Å². The summed E-state index contributed by atoms with van der Waals surface area (Å²) in [4.78, 5) is 26.2. The van der Waals surface area contributed by atoms with Gasteiger partial charge in [-0.2, -0.15) is 0 Å². The lowest BCUT2D eigenvalue weighted by atomic mass is 10.1. The van der Waals surface area contributed by atoms with Gasteiger partial charge in [0.05, 0.1) is 5.92 Å². The lowest BCUT2D eigenvalue weighted by Crippen LogP contribution is -2.28. The molecule has 118 valence electrons. The Hall–Kier alpha value is -2.33. The van der Waals surface area contributed by atoms with Gasteiger partial charge in [0.15, 0.2) is 0 Å². The monoisotopic (exact) mass is 328 g/mol. The molecule has 4 nitrogen and oxygen atoms in total. The maximum atomic E-state index is 12.3. The van der Waals surface area contributed by atoms with Crippen molar-refractivity contribution in [3.8, 4) is 0 Å². The predicted molar refractivity (Wildman–Crippen MR) is 91.7 cm³/mol. The Morgan fingerprint density at radius 1 is 1.22 bits per heavy atom. The van der Waals surface area contributed by atoms with Gasteiger partial charge in [-0.25, -0.2) is 0 Å². The number of rotatable bonds is 3. The summed E-state index contributed by atoms with van der Waals surface area (Å²) in [6.45, 7) is 2.28. The molecular weight excluding hydrogens is 312 g/mol. The van der Waals surface area contributed by atoms with E-state index in [1.54, 1.807) is 11.0 Å². The molecule has 2 aromatic rings. The molecule has 1 N–H and O–H groups in total. The first-order valence-electron chi connectivity index (χ1n) is 7.47. The highest BCUT2D eigenvalue weighted by atomic mass is 35.5. The van der Waals surface area contributed by atoms with Gasteiger partial charge in [-0.15, -0.1) is 0 Å². The first kappa shape index (κ1) is 15.6. The van der Waals surface area contributed by atoms with Crippen molar-refractivity contribution in [3.63, 3.8) is 0 Å². The van der Waals surface area contributed by atoms with E-state index in [4.69, 9.17) is 11.6 Å². The number of hydrogen-bond acceptors (Lipinski definition) is 2. The Kier molecular flexibility index (Phi) is 4.35. The molecule has 0 saturated carbocycles. The van der Waals surface area contributed by atoms with Crippen molar-refractivity contribution in [2.45, 2.75) is 13.3 Å². The largest absolute Gasteiger partial charge is 0.326 e. The molecule has 1 fully saturated rings. The van der Waals surface area contributed by atoms with Crippen LogP contribution in [0.5, 0.6) is 0 Å². The van der Waals surface area contributed by atoms with Crippen LogP contribution in [-0.4, -0.2) is 18.4 Å². The van der Waals surface area contributed by atoms with Crippen LogP contribution in [0.3, 0.4) is 0 Å². The van der Waals surface area contributed by atoms with E-state index in [0.29, 0.717) is 11.6 Å². The summed E-state index contributed by atoms with van der Waals surface area (Å²) in [5.74, 6) is -0.550. The van der Waals surface area contributed by atoms with Crippen LogP contribution in [0.25, 0.3) is 0 Å². The fraction of sp³-hybridized carbons (Fsp3) is 0.222. The predicted octanol–water partition coefficient (Wildman–Crippen LogP) is 3.64. The minimum atomic E-state index is -0.359. The number of hydrogen-bond donors (Lipinski definition) is 1. The smallest absolute Gasteiger partial charge is 0.229 e. The number of para-hydroxylation sites is 1. The Bertz CT molecular complexity index is 746. The number of halogens is 1. The number of nitrogens with zero attached hydrogens (tertiary/aromatic N) is 1. The lowest BCUT2D eigenvalue weighted by Gasteiger charge is -2.17. The molecule has 0 unspecified atom stereocenters. The van der Waals surface area contributed by atoms with Gasteiger partial charge in [0, 0.05) is 29.4 Å². The summed E-state index contributed by atoms with van der Waals surface area (Å²) in [6, 6.07) is 14.8. The molecule has 3 rings (SSSR count). The van der Waals surface area contributed by atoms with Gasteiger partial charge in [-0.1, -0.05) is 35.9 Å². The van der Waals surface area contributed by atoms with E-state index >= 15 is 0 Å². The Morgan fingerprint density at radius 2 is 1.96 bits per heavy atom. The van der Waals surface area contributed by atoms with Crippen LogP contribution in [0.2, 0.25) is 5.02 Å². The third-order valence-corrected chi connectivity index (χ3v) is 4.41. The molecular formula is C18H17ClN2O2. The molecule has 0 aliphatic carbocycles. The topological polar surface area (TPSA) is 49.4 Å². The van der Waals surface area contributed by atoms with Crippen LogP contribution in [0.15, 0.2) is 48.5 Å². The van der Waals surface area contributed by atoms with Crippen LogP contribution in [0, 0.1) is 12.8 Å². The Labute approximate surface area is 140 Å². The molecule has 0 radical (unpaired) electrons. The SMILES string of the molecule is Cc1ccc(N2C[C@@H](C(=O)Nc3ccccc3)CC2=O)cc1Cl. The van der Waals surface area contributed by atoms with Gasteiger partial charge in [0.25, 0.3) is 0 Å². The molecule has 2 aromatic carbocycles. The van der Waals surface area contributed by atoms with E-state index in [2.05, 4.69) is 5.32 Å². The highest BCUT2D eigenvalue weighted by molar-refractivity contribution is 6.31. The number of benzene rings is 2. The normalized spacial score (nSPS) is 17.4. The number of nitrogens with one attached hydrogen (secondary N) is 1. The van der Waals surface area contributed by atoms with Crippen molar-refractivity contribution in [1.82, 2.24) is 0 Å². The number of aryl methyl sites for hydroxylation is 1. The number of carbonyl (C=O) groups excluding carboxylic acids is 2. The van der Waals surface area contributed by atoms with Gasteiger partial charge >= 0.3 is 0 Å². The first-order chi connectivity index (χ1) is 11.0. The van der Waals surface area contributed by atoms with Crippen LogP contribution >= 0.6 is 11.6 Å². The van der Waals surface area contributed by atoms with Gasteiger partial charge in [-0.05, 0) is 36.8 Å². The number of carbonyl (C=O) groups is 2. The van der Waals surface area contributed by atoms with Crippen molar-refractivity contribution >= 4 is 34.8 Å². The van der Waals surface area contributed by atoms with Crippen molar-refractivity contribution in [2.24, 2.45) is 5.92 Å². The van der Waals surface area contributed by atoms with E-state index < -0.39 is 0 Å². The first-order valence-corrected chi connectivity index (χ1v) is 7.85. The molecule has 1 atom stereocenters. The summed E-state index contributed by atoms with van der Waals surface area (Å²) in [5, 5.41) is 3.47. The van der Waals surface area contributed by atoms with Gasteiger partial charge in [-0.3, -0.25) is 9.59 Å². The highest BCUT2D eigenvalue weighted by Gasteiger charge is 2.35. The average Bonchev–Trinajstić information content (AvgIpc) is 2.93. The molecule has 1 aliphatic heterocycles. The minimum Gasteiger partial charge on any atom is -0.326 e. The zero-order valence-electron chi connectivity index (χ0n) is 12.8. The number of amides is 2. The van der Waals surface area contributed by atoms with E-state index in [1.165, 1.54) is 0 Å². The summed E-state index contributed by atoms with van der Waals surface area (Å²) in [6.07, 6.45) is 0.212. The molecule has 23 heavy (non-hydrogen) atoms. The summed E-state index contributed by atoms with van der Waals surface area (Å²) >= 11 is 6.13. The summed E-state index contributed by atoms with van der Waals surface area (Å²) < 4.78 is 0. The molecule has 2 amide bonds. The number of anilines is 2. The maximum Gasteiger partial charge on any atom is 0.229 e. The van der Waals surface area contributed by atoms with E-state index in [9.17, 15) is 9.59 Å². The second-order valence-electron chi connectivity index (χ2n) is 5.69. The summed E-state index contributed by atoms with van der Waals surface area (Å²) in [7, 11) is 0. The Morgan fingerprint density at radius 3 is 2.65 bits per heavy atom. The van der Waals surface area contributed by atoms with E-state index in [-0.39, 0.29) is 24.2 Å². The van der Waals surface area contributed by atoms with Gasteiger partial charge in [0.2, 0.25) is 11.8 Å². The fourth-order valence-electron chi connectivity index (χ4n) is 2.65. The molecule has 1 saturated heterocycles. The fourth-order valence-corrected chi connectivity index (χ4v) is 2.82.